The molecule has 1 aliphatic heterocycles. The molecule has 2 aromatic carbocycles. The van der Waals surface area contributed by atoms with Gasteiger partial charge in [0.25, 0.3) is 5.91 Å². The predicted molar refractivity (Wildman–Crippen MR) is 120 cm³/mol. The van der Waals surface area contributed by atoms with Gasteiger partial charge in [-0.15, -0.1) is 0 Å². The Morgan fingerprint density at radius 3 is 2.73 bits per heavy atom. The van der Waals surface area contributed by atoms with Crippen molar-refractivity contribution in [3.8, 4) is 11.3 Å². The van der Waals surface area contributed by atoms with Gasteiger partial charge in [-0.1, -0.05) is 19.1 Å². The van der Waals surface area contributed by atoms with Crippen LogP contribution < -0.4 is 16.8 Å². The molecule has 0 unspecified atom stereocenters. The second-order valence-electron chi connectivity index (χ2n) is 8.20. The Kier molecular flexibility index (Phi) is 6.15. The minimum absolute atomic E-state index is 0.0590. The summed E-state index contributed by atoms with van der Waals surface area (Å²) in [5, 5.41) is 2.72. The number of amides is 2. The summed E-state index contributed by atoms with van der Waals surface area (Å²) in [6.45, 7) is 1.93. The summed E-state index contributed by atoms with van der Waals surface area (Å²) in [6, 6.07) is 8.93. The van der Waals surface area contributed by atoms with Crippen molar-refractivity contribution >= 4 is 17.6 Å². The summed E-state index contributed by atoms with van der Waals surface area (Å²) in [5.41, 5.74) is 13.6. The average Bonchev–Trinajstić information content (AvgIpc) is 2.77. The third kappa shape index (κ3) is 4.45. The van der Waals surface area contributed by atoms with Gasteiger partial charge >= 0.3 is 0 Å². The van der Waals surface area contributed by atoms with Gasteiger partial charge in [0.15, 0.2) is 0 Å². The fourth-order valence-corrected chi connectivity index (χ4v) is 4.28. The van der Waals surface area contributed by atoms with E-state index in [1.807, 2.05) is 6.92 Å². The highest BCUT2D eigenvalue weighted by molar-refractivity contribution is 5.97. The van der Waals surface area contributed by atoms with Crippen LogP contribution in [0.4, 0.5) is 14.6 Å². The van der Waals surface area contributed by atoms with Crippen LogP contribution in [-0.2, 0) is 11.2 Å². The Balaban J connectivity index is 1.86. The predicted octanol–water partition coefficient (Wildman–Crippen LogP) is 3.25. The van der Waals surface area contributed by atoms with Crippen molar-refractivity contribution in [2.75, 3.05) is 11.9 Å². The largest absolute Gasteiger partial charge is 0.366 e. The standard InChI is InChI=1S/C24H23F2N5O2/c1-12-5-19(32)31-24-20(12)22(29-11-30-24)14-8-17(21(26)18(9-14)23(28)33)15(10-27)6-13-3-2-4-16(25)7-13/h2-4,7-9,11-12,15H,5-6,10,27H2,1H3,(H2,28,33)(H,29,30,31,32)/t12-,15-/m1/s1. The van der Waals surface area contributed by atoms with E-state index in [4.69, 9.17) is 11.5 Å². The molecule has 5 N–H and O–H groups in total. The van der Waals surface area contributed by atoms with Crippen LogP contribution in [0.25, 0.3) is 11.3 Å². The topological polar surface area (TPSA) is 124 Å². The highest BCUT2D eigenvalue weighted by Crippen LogP contribution is 2.38. The highest BCUT2D eigenvalue weighted by atomic mass is 19.1. The number of halogens is 2. The molecule has 4 rings (SSSR count). The normalized spacial score (nSPS) is 16.1. The monoisotopic (exact) mass is 451 g/mol. The Hall–Kier alpha value is -3.72. The van der Waals surface area contributed by atoms with E-state index in [2.05, 4.69) is 15.3 Å². The SMILES string of the molecule is C[C@@H]1CC(=O)Nc2ncnc(-c3cc(C(N)=O)c(F)c([C@@H](CN)Cc4cccc(F)c4)c3)c21. The molecule has 7 nitrogen and oxygen atoms in total. The number of aromatic nitrogens is 2. The smallest absolute Gasteiger partial charge is 0.251 e. The van der Waals surface area contributed by atoms with Crippen LogP contribution in [0.1, 0.15) is 52.2 Å². The molecule has 0 aliphatic carbocycles. The second-order valence-corrected chi connectivity index (χ2v) is 8.20. The Bertz CT molecular complexity index is 1250. The molecule has 1 aliphatic rings. The van der Waals surface area contributed by atoms with Gasteiger partial charge in [0.2, 0.25) is 5.91 Å². The molecule has 2 amide bonds. The van der Waals surface area contributed by atoms with Crippen molar-refractivity contribution in [2.45, 2.75) is 31.6 Å². The highest BCUT2D eigenvalue weighted by Gasteiger charge is 2.29. The summed E-state index contributed by atoms with van der Waals surface area (Å²) in [7, 11) is 0. The molecule has 0 radical (unpaired) electrons. The van der Waals surface area contributed by atoms with Gasteiger partial charge in [-0.2, -0.15) is 0 Å². The van der Waals surface area contributed by atoms with E-state index in [0.29, 0.717) is 28.2 Å². The molecule has 33 heavy (non-hydrogen) atoms. The van der Waals surface area contributed by atoms with Crippen molar-refractivity contribution in [2.24, 2.45) is 11.5 Å². The third-order valence-electron chi connectivity index (χ3n) is 5.86. The number of nitrogens with two attached hydrogens (primary N) is 2. The Labute approximate surface area is 189 Å². The van der Waals surface area contributed by atoms with Crippen molar-refractivity contribution < 1.29 is 18.4 Å². The van der Waals surface area contributed by atoms with Crippen LogP contribution in [0.2, 0.25) is 0 Å². The van der Waals surface area contributed by atoms with Crippen molar-refractivity contribution in [1.82, 2.24) is 9.97 Å². The fourth-order valence-electron chi connectivity index (χ4n) is 4.28. The number of nitrogens with one attached hydrogen (secondary N) is 1. The van der Waals surface area contributed by atoms with Crippen LogP contribution >= 0.6 is 0 Å². The number of benzene rings is 2. The van der Waals surface area contributed by atoms with Gasteiger partial charge in [0.1, 0.15) is 23.8 Å². The van der Waals surface area contributed by atoms with Crippen LogP contribution in [-0.4, -0.2) is 28.3 Å². The van der Waals surface area contributed by atoms with E-state index in [-0.39, 0.29) is 42.3 Å². The lowest BCUT2D eigenvalue weighted by atomic mass is 9.86. The lowest BCUT2D eigenvalue weighted by molar-refractivity contribution is -0.116. The summed E-state index contributed by atoms with van der Waals surface area (Å²) < 4.78 is 29.1. The van der Waals surface area contributed by atoms with Gasteiger partial charge < -0.3 is 16.8 Å². The minimum Gasteiger partial charge on any atom is -0.366 e. The van der Waals surface area contributed by atoms with Crippen LogP contribution in [0, 0.1) is 11.6 Å². The number of fused-ring (bicyclic) bond motifs is 1. The molecule has 1 aromatic heterocycles. The maximum atomic E-state index is 15.4. The van der Waals surface area contributed by atoms with E-state index in [9.17, 15) is 14.0 Å². The minimum atomic E-state index is -0.929. The molecular formula is C24H23F2N5O2. The molecular weight excluding hydrogens is 428 g/mol. The third-order valence-corrected chi connectivity index (χ3v) is 5.86. The summed E-state index contributed by atoms with van der Waals surface area (Å²) >= 11 is 0. The molecule has 0 saturated carbocycles. The molecule has 3 aromatic rings. The van der Waals surface area contributed by atoms with Gasteiger partial charge in [-0.3, -0.25) is 9.59 Å². The number of hydrogen-bond acceptors (Lipinski definition) is 5. The van der Waals surface area contributed by atoms with Gasteiger partial charge in [-0.25, -0.2) is 18.7 Å². The van der Waals surface area contributed by atoms with E-state index in [1.54, 1.807) is 18.2 Å². The molecule has 0 fully saturated rings. The number of carbonyl (C=O) groups is 2. The van der Waals surface area contributed by atoms with Crippen LogP contribution in [0.5, 0.6) is 0 Å². The van der Waals surface area contributed by atoms with Crippen LogP contribution in [0.3, 0.4) is 0 Å². The number of anilines is 1. The first kappa shape index (κ1) is 22.5. The molecule has 0 saturated heterocycles. The fraction of sp³-hybridized carbons (Fsp3) is 0.250. The van der Waals surface area contributed by atoms with Gasteiger partial charge in [0, 0.05) is 23.5 Å². The Morgan fingerprint density at radius 2 is 2.03 bits per heavy atom. The molecule has 0 spiro atoms. The first-order valence-corrected chi connectivity index (χ1v) is 10.5. The second kappa shape index (κ2) is 9.03. The summed E-state index contributed by atoms with van der Waals surface area (Å²) in [6.07, 6.45) is 1.81. The maximum Gasteiger partial charge on any atom is 0.251 e. The summed E-state index contributed by atoms with van der Waals surface area (Å²) in [4.78, 5) is 32.5. The van der Waals surface area contributed by atoms with E-state index in [0.717, 1.165) is 0 Å². The summed E-state index contributed by atoms with van der Waals surface area (Å²) in [5.74, 6) is -2.60. The molecule has 170 valence electrons. The first-order chi connectivity index (χ1) is 15.8. The van der Waals surface area contributed by atoms with Crippen molar-refractivity contribution in [1.29, 1.82) is 0 Å². The number of rotatable bonds is 6. The maximum absolute atomic E-state index is 15.4. The zero-order valence-corrected chi connectivity index (χ0v) is 17.9. The molecule has 2 atom stereocenters. The van der Waals surface area contributed by atoms with E-state index >= 15 is 4.39 Å². The number of carbonyl (C=O) groups excluding carboxylic acids is 2. The number of nitrogens with zero attached hydrogens (tertiary/aromatic N) is 2. The van der Waals surface area contributed by atoms with Gasteiger partial charge in [-0.05, 0) is 54.3 Å². The van der Waals surface area contributed by atoms with Crippen molar-refractivity contribution in [3.05, 3.63) is 76.6 Å². The van der Waals surface area contributed by atoms with E-state index in [1.165, 1.54) is 24.5 Å². The number of primary amides is 1. The Morgan fingerprint density at radius 1 is 1.24 bits per heavy atom. The molecule has 0 bridgehead atoms. The first-order valence-electron chi connectivity index (χ1n) is 10.5. The zero-order valence-electron chi connectivity index (χ0n) is 17.9. The molecule has 9 heteroatoms. The van der Waals surface area contributed by atoms with Gasteiger partial charge in [0.05, 0.1) is 11.3 Å². The lowest BCUT2D eigenvalue weighted by Gasteiger charge is -2.24. The average molecular weight is 451 g/mol. The number of hydrogen-bond donors (Lipinski definition) is 3. The zero-order chi connectivity index (χ0) is 23.7. The van der Waals surface area contributed by atoms with E-state index < -0.39 is 23.5 Å². The lowest BCUT2D eigenvalue weighted by Crippen LogP contribution is -2.24. The van der Waals surface area contributed by atoms with Crippen LogP contribution in [0.15, 0.2) is 42.7 Å². The quantitative estimate of drug-likeness (QED) is 0.531. The van der Waals surface area contributed by atoms with Crippen molar-refractivity contribution in [3.63, 3.8) is 0 Å². The molecule has 2 heterocycles.